The highest BCUT2D eigenvalue weighted by Gasteiger charge is 2.22. The highest BCUT2D eigenvalue weighted by atomic mass is 32.1. The normalized spacial score (nSPS) is 11.4. The molecular formula is C23H24N6O3S. The van der Waals surface area contributed by atoms with Gasteiger partial charge in [-0.3, -0.25) is 4.40 Å². The summed E-state index contributed by atoms with van der Waals surface area (Å²) < 4.78 is 21.3. The first-order valence-corrected chi connectivity index (χ1v) is 11.7. The summed E-state index contributed by atoms with van der Waals surface area (Å²) in [7, 11) is 0. The van der Waals surface area contributed by atoms with E-state index >= 15 is 0 Å². The van der Waals surface area contributed by atoms with Gasteiger partial charge >= 0.3 is 0 Å². The second-order valence-corrected chi connectivity index (χ2v) is 8.16. The van der Waals surface area contributed by atoms with Gasteiger partial charge in [0.05, 0.1) is 25.5 Å². The largest absolute Gasteiger partial charge is 0.490 e. The Morgan fingerprint density at radius 1 is 0.939 bits per heavy atom. The van der Waals surface area contributed by atoms with Gasteiger partial charge in [-0.25, -0.2) is 4.98 Å². The number of hydrogen-bond donors (Lipinski definition) is 0. The molecule has 33 heavy (non-hydrogen) atoms. The van der Waals surface area contributed by atoms with E-state index in [1.807, 2.05) is 68.6 Å². The third kappa shape index (κ3) is 3.66. The van der Waals surface area contributed by atoms with Crippen LogP contribution < -0.4 is 14.2 Å². The summed E-state index contributed by atoms with van der Waals surface area (Å²) in [6.45, 7) is 9.32. The molecule has 1 aromatic carbocycles. The van der Waals surface area contributed by atoms with Crippen molar-refractivity contribution in [3.8, 4) is 39.3 Å². The fourth-order valence-corrected chi connectivity index (χ4v) is 4.60. The van der Waals surface area contributed by atoms with Crippen LogP contribution >= 0.6 is 11.3 Å². The number of ether oxygens (including phenoxy) is 3. The molecule has 0 atom stereocenters. The molecule has 0 aliphatic heterocycles. The number of hydrogen-bond acceptors (Lipinski definition) is 8. The van der Waals surface area contributed by atoms with Crippen molar-refractivity contribution in [1.82, 2.24) is 29.2 Å². The van der Waals surface area contributed by atoms with Gasteiger partial charge in [0, 0.05) is 11.8 Å². The molecule has 10 heteroatoms. The standard InChI is InChI=1S/C23H24N6O3S/c1-5-30-16-12-15(13-17(31-6-2)20(16)32-7-3)22-27-29-21(25-26-23(29)33-22)19-14(4)24-18-10-8-9-11-28(18)19/h8-13H,5-7H2,1-4H3. The van der Waals surface area contributed by atoms with Crippen molar-refractivity contribution in [2.45, 2.75) is 27.7 Å². The predicted octanol–water partition coefficient (Wildman–Crippen LogP) is 4.67. The zero-order valence-corrected chi connectivity index (χ0v) is 19.7. The number of benzene rings is 1. The third-order valence-electron chi connectivity index (χ3n) is 5.06. The first-order chi connectivity index (χ1) is 16.1. The number of pyridine rings is 1. The molecule has 0 unspecified atom stereocenters. The van der Waals surface area contributed by atoms with Crippen molar-refractivity contribution >= 4 is 21.9 Å². The van der Waals surface area contributed by atoms with Crippen LogP contribution in [0, 0.1) is 6.92 Å². The molecule has 170 valence electrons. The molecule has 0 spiro atoms. The second kappa shape index (κ2) is 8.70. The van der Waals surface area contributed by atoms with Gasteiger partial charge in [-0.2, -0.15) is 9.61 Å². The molecule has 0 radical (unpaired) electrons. The average Bonchev–Trinajstić information content (AvgIpc) is 3.48. The number of fused-ring (bicyclic) bond motifs is 2. The van der Waals surface area contributed by atoms with Gasteiger partial charge < -0.3 is 14.2 Å². The summed E-state index contributed by atoms with van der Waals surface area (Å²) >= 11 is 1.45. The van der Waals surface area contributed by atoms with E-state index in [2.05, 4.69) is 15.2 Å². The lowest BCUT2D eigenvalue weighted by Gasteiger charge is -2.16. The minimum absolute atomic E-state index is 0.512. The summed E-state index contributed by atoms with van der Waals surface area (Å²) in [5, 5.41) is 14.4. The first-order valence-electron chi connectivity index (χ1n) is 10.9. The molecule has 5 rings (SSSR count). The van der Waals surface area contributed by atoms with Crippen LogP contribution in [0.4, 0.5) is 0 Å². The Labute approximate surface area is 194 Å². The Bertz CT molecular complexity index is 1410. The maximum absolute atomic E-state index is 5.87. The number of imidazole rings is 1. The molecule has 4 heterocycles. The average molecular weight is 465 g/mol. The van der Waals surface area contributed by atoms with E-state index in [0.717, 1.165) is 27.6 Å². The summed E-state index contributed by atoms with van der Waals surface area (Å²) in [5.74, 6) is 2.51. The van der Waals surface area contributed by atoms with Crippen LogP contribution in [0.15, 0.2) is 36.5 Å². The molecule has 0 amide bonds. The SMILES string of the molecule is CCOc1cc(-c2nn3c(-c4c(C)nc5ccccn45)nnc3s2)cc(OCC)c1OCC. The molecule has 0 saturated heterocycles. The van der Waals surface area contributed by atoms with Gasteiger partial charge in [0.25, 0.3) is 0 Å². The second-order valence-electron chi connectivity index (χ2n) is 7.20. The predicted molar refractivity (Wildman–Crippen MR) is 127 cm³/mol. The number of aromatic nitrogens is 6. The van der Waals surface area contributed by atoms with Gasteiger partial charge in [-0.05, 0) is 52.0 Å². The Morgan fingerprint density at radius 3 is 2.36 bits per heavy atom. The van der Waals surface area contributed by atoms with E-state index in [9.17, 15) is 0 Å². The van der Waals surface area contributed by atoms with Gasteiger partial charge in [0.15, 0.2) is 11.5 Å². The molecule has 0 fully saturated rings. The molecule has 0 bridgehead atoms. The van der Waals surface area contributed by atoms with Crippen molar-refractivity contribution < 1.29 is 14.2 Å². The number of aryl methyl sites for hydroxylation is 1. The smallest absolute Gasteiger partial charge is 0.235 e. The van der Waals surface area contributed by atoms with E-state index in [1.165, 1.54) is 11.3 Å². The lowest BCUT2D eigenvalue weighted by Crippen LogP contribution is -2.03. The zero-order valence-electron chi connectivity index (χ0n) is 18.9. The van der Waals surface area contributed by atoms with Gasteiger partial charge in [0.2, 0.25) is 16.5 Å². The fourth-order valence-electron chi connectivity index (χ4n) is 3.78. The van der Waals surface area contributed by atoms with Crippen LogP contribution in [-0.2, 0) is 0 Å². The van der Waals surface area contributed by atoms with E-state index in [4.69, 9.17) is 19.3 Å². The first kappa shape index (κ1) is 21.2. The van der Waals surface area contributed by atoms with E-state index in [0.29, 0.717) is 47.9 Å². The minimum Gasteiger partial charge on any atom is -0.490 e. The van der Waals surface area contributed by atoms with Gasteiger partial charge in [-0.15, -0.1) is 10.2 Å². The Balaban J connectivity index is 1.65. The summed E-state index contributed by atoms with van der Waals surface area (Å²) in [6.07, 6.45) is 1.97. The third-order valence-corrected chi connectivity index (χ3v) is 6.01. The molecule has 0 aliphatic carbocycles. The molecule has 4 aromatic heterocycles. The summed E-state index contributed by atoms with van der Waals surface area (Å²) in [4.78, 5) is 5.33. The van der Waals surface area contributed by atoms with Crippen LogP contribution in [0.3, 0.4) is 0 Å². The summed E-state index contributed by atoms with van der Waals surface area (Å²) in [6, 6.07) is 9.76. The minimum atomic E-state index is 0.512. The Morgan fingerprint density at radius 2 is 1.67 bits per heavy atom. The molecular weight excluding hydrogens is 440 g/mol. The molecule has 0 N–H and O–H groups in total. The van der Waals surface area contributed by atoms with Crippen LogP contribution in [0.25, 0.3) is 32.7 Å². The van der Waals surface area contributed by atoms with Crippen molar-refractivity contribution in [2.24, 2.45) is 0 Å². The highest BCUT2D eigenvalue weighted by Crippen LogP contribution is 2.43. The van der Waals surface area contributed by atoms with E-state index in [-0.39, 0.29) is 0 Å². The van der Waals surface area contributed by atoms with Crippen LogP contribution in [0.1, 0.15) is 26.5 Å². The van der Waals surface area contributed by atoms with Gasteiger partial charge in [-0.1, -0.05) is 17.4 Å². The Hall–Kier alpha value is -3.66. The molecule has 0 saturated carbocycles. The van der Waals surface area contributed by atoms with Crippen LogP contribution in [0.5, 0.6) is 17.2 Å². The molecule has 9 nitrogen and oxygen atoms in total. The summed E-state index contributed by atoms with van der Waals surface area (Å²) in [5.41, 5.74) is 3.45. The zero-order chi connectivity index (χ0) is 22.9. The lowest BCUT2D eigenvalue weighted by atomic mass is 10.2. The quantitative estimate of drug-likeness (QED) is 0.330. The van der Waals surface area contributed by atoms with Crippen molar-refractivity contribution in [2.75, 3.05) is 19.8 Å². The molecule has 0 aliphatic rings. The Kier molecular flexibility index (Phi) is 5.59. The van der Waals surface area contributed by atoms with Crippen molar-refractivity contribution in [3.05, 3.63) is 42.2 Å². The maximum atomic E-state index is 5.87. The fraction of sp³-hybridized carbons (Fsp3) is 0.304. The topological polar surface area (TPSA) is 88.1 Å². The lowest BCUT2D eigenvalue weighted by molar-refractivity contribution is 0.261. The van der Waals surface area contributed by atoms with Crippen LogP contribution in [-0.4, -0.2) is 49.0 Å². The van der Waals surface area contributed by atoms with E-state index < -0.39 is 0 Å². The van der Waals surface area contributed by atoms with E-state index in [1.54, 1.807) is 4.52 Å². The number of nitrogens with zero attached hydrogens (tertiary/aromatic N) is 6. The monoisotopic (exact) mass is 464 g/mol. The van der Waals surface area contributed by atoms with Crippen molar-refractivity contribution in [3.63, 3.8) is 0 Å². The highest BCUT2D eigenvalue weighted by molar-refractivity contribution is 7.19. The van der Waals surface area contributed by atoms with Crippen LogP contribution in [0.2, 0.25) is 0 Å². The number of rotatable bonds is 8. The molecule has 5 aromatic rings. The van der Waals surface area contributed by atoms with Crippen molar-refractivity contribution in [1.29, 1.82) is 0 Å². The van der Waals surface area contributed by atoms with Gasteiger partial charge in [0.1, 0.15) is 16.3 Å². The maximum Gasteiger partial charge on any atom is 0.235 e.